The van der Waals surface area contributed by atoms with Gasteiger partial charge in [0.2, 0.25) is 0 Å². The van der Waals surface area contributed by atoms with E-state index >= 15 is 0 Å². The summed E-state index contributed by atoms with van der Waals surface area (Å²) in [6.45, 7) is 0. The van der Waals surface area contributed by atoms with Crippen molar-refractivity contribution in [3.8, 4) is 0 Å². The Morgan fingerprint density at radius 1 is 1.23 bits per heavy atom. The SMILES string of the molecule is O=C(O)C1=CC(=N\O)/C=CC/1=N\O. The summed E-state index contributed by atoms with van der Waals surface area (Å²) in [7, 11) is 0. The Bertz CT molecular complexity index is 352. The Morgan fingerprint density at radius 2 is 1.92 bits per heavy atom. The average Bonchev–Trinajstić information content (AvgIpc) is 2.16. The zero-order valence-electron chi connectivity index (χ0n) is 6.38. The minimum atomic E-state index is -1.25. The molecular formula is C7H6N2O4. The predicted molar refractivity (Wildman–Crippen MR) is 43.3 cm³/mol. The lowest BCUT2D eigenvalue weighted by molar-refractivity contribution is -0.132. The molecule has 6 nitrogen and oxygen atoms in total. The van der Waals surface area contributed by atoms with E-state index in [1.54, 1.807) is 0 Å². The highest BCUT2D eigenvalue weighted by molar-refractivity contribution is 6.31. The lowest BCUT2D eigenvalue weighted by atomic mass is 10.0. The van der Waals surface area contributed by atoms with Crippen LogP contribution in [0.5, 0.6) is 0 Å². The van der Waals surface area contributed by atoms with Crippen LogP contribution in [0.4, 0.5) is 0 Å². The van der Waals surface area contributed by atoms with Crippen LogP contribution in [0.25, 0.3) is 0 Å². The molecule has 1 aliphatic rings. The first-order valence-electron chi connectivity index (χ1n) is 3.26. The molecule has 0 aliphatic heterocycles. The van der Waals surface area contributed by atoms with Crippen LogP contribution in [0.3, 0.4) is 0 Å². The van der Waals surface area contributed by atoms with Gasteiger partial charge in [0.25, 0.3) is 0 Å². The van der Waals surface area contributed by atoms with Crippen molar-refractivity contribution in [2.45, 2.75) is 0 Å². The van der Waals surface area contributed by atoms with Gasteiger partial charge in [-0.3, -0.25) is 0 Å². The minimum Gasteiger partial charge on any atom is -0.478 e. The summed E-state index contributed by atoms with van der Waals surface area (Å²) >= 11 is 0. The molecule has 0 aromatic carbocycles. The Hall–Kier alpha value is -2.11. The molecule has 0 unspecified atom stereocenters. The Labute approximate surface area is 72.8 Å². The van der Waals surface area contributed by atoms with Crippen LogP contribution in [0.15, 0.2) is 34.1 Å². The van der Waals surface area contributed by atoms with Crippen molar-refractivity contribution in [3.05, 3.63) is 23.8 Å². The van der Waals surface area contributed by atoms with Crippen LogP contribution < -0.4 is 0 Å². The molecule has 0 atom stereocenters. The molecule has 0 saturated heterocycles. The van der Waals surface area contributed by atoms with Crippen LogP contribution in [-0.4, -0.2) is 32.9 Å². The van der Waals surface area contributed by atoms with Crippen LogP contribution in [-0.2, 0) is 4.79 Å². The van der Waals surface area contributed by atoms with Gasteiger partial charge in [-0.05, 0) is 18.2 Å². The zero-order valence-corrected chi connectivity index (χ0v) is 6.38. The third kappa shape index (κ3) is 1.73. The van der Waals surface area contributed by atoms with E-state index in [1.165, 1.54) is 12.2 Å². The van der Waals surface area contributed by atoms with Gasteiger partial charge in [-0.15, -0.1) is 0 Å². The fourth-order valence-electron chi connectivity index (χ4n) is 0.845. The van der Waals surface area contributed by atoms with Gasteiger partial charge in [0.05, 0.1) is 5.57 Å². The van der Waals surface area contributed by atoms with Crippen molar-refractivity contribution in [2.24, 2.45) is 10.3 Å². The molecule has 0 bridgehead atoms. The standard InChI is InChI=1S/C7H6N2O4/c10-7(11)5-3-4(8-12)1-2-6(5)9-13/h1-3,12-13H,(H,10,11)/b8-4-,9-6+. The van der Waals surface area contributed by atoms with Crippen LogP contribution >= 0.6 is 0 Å². The number of hydrogen-bond acceptors (Lipinski definition) is 5. The number of hydrogen-bond donors (Lipinski definition) is 3. The van der Waals surface area contributed by atoms with Gasteiger partial charge >= 0.3 is 5.97 Å². The third-order valence-electron chi connectivity index (χ3n) is 1.43. The molecule has 0 aromatic heterocycles. The van der Waals surface area contributed by atoms with Gasteiger partial charge in [-0.1, -0.05) is 10.3 Å². The molecule has 1 rings (SSSR count). The van der Waals surface area contributed by atoms with E-state index < -0.39 is 5.97 Å². The molecule has 0 saturated carbocycles. The smallest absolute Gasteiger partial charge is 0.338 e. The first kappa shape index (κ1) is 8.98. The van der Waals surface area contributed by atoms with E-state index in [-0.39, 0.29) is 17.0 Å². The second-order valence-electron chi connectivity index (χ2n) is 2.21. The van der Waals surface area contributed by atoms with Crippen LogP contribution in [0.1, 0.15) is 0 Å². The quantitative estimate of drug-likeness (QED) is 0.306. The van der Waals surface area contributed by atoms with E-state index in [9.17, 15) is 4.79 Å². The van der Waals surface area contributed by atoms with Crippen molar-refractivity contribution in [1.29, 1.82) is 0 Å². The minimum absolute atomic E-state index is 0.0834. The first-order valence-corrected chi connectivity index (χ1v) is 3.26. The summed E-state index contributed by atoms with van der Waals surface area (Å²) in [4.78, 5) is 10.6. The number of nitrogens with zero attached hydrogens (tertiary/aromatic N) is 2. The van der Waals surface area contributed by atoms with Gasteiger partial charge in [-0.2, -0.15) is 0 Å². The molecule has 0 amide bonds. The molecule has 0 aromatic rings. The molecule has 6 heteroatoms. The maximum atomic E-state index is 10.6. The normalized spacial score (nSPS) is 22.0. The first-order chi connectivity index (χ1) is 6.19. The maximum absolute atomic E-state index is 10.6. The number of carboxylic acids is 1. The van der Waals surface area contributed by atoms with Gasteiger partial charge in [0.1, 0.15) is 11.4 Å². The third-order valence-corrected chi connectivity index (χ3v) is 1.43. The molecular weight excluding hydrogens is 176 g/mol. The number of carbonyl (C=O) groups is 1. The Morgan fingerprint density at radius 3 is 2.38 bits per heavy atom. The second kappa shape index (κ2) is 3.53. The zero-order chi connectivity index (χ0) is 9.84. The number of rotatable bonds is 1. The average molecular weight is 182 g/mol. The summed E-state index contributed by atoms with van der Waals surface area (Å²) in [6, 6.07) is 0. The second-order valence-corrected chi connectivity index (χ2v) is 2.21. The molecule has 0 spiro atoms. The van der Waals surface area contributed by atoms with Crippen molar-refractivity contribution in [2.75, 3.05) is 0 Å². The van der Waals surface area contributed by atoms with Crippen LogP contribution in [0, 0.1) is 0 Å². The predicted octanol–water partition coefficient (Wildman–Crippen LogP) is 0.228. The molecule has 1 aliphatic carbocycles. The highest BCUT2D eigenvalue weighted by Gasteiger charge is 2.17. The van der Waals surface area contributed by atoms with Crippen molar-refractivity contribution in [1.82, 2.24) is 0 Å². The number of oxime groups is 2. The van der Waals surface area contributed by atoms with Crippen LogP contribution in [0.2, 0.25) is 0 Å². The summed E-state index contributed by atoms with van der Waals surface area (Å²) in [5, 5.41) is 30.9. The Kier molecular flexibility index (Phi) is 2.44. The highest BCUT2D eigenvalue weighted by atomic mass is 16.4. The molecule has 0 radical (unpaired) electrons. The molecule has 0 heterocycles. The lowest BCUT2D eigenvalue weighted by Gasteiger charge is -2.04. The molecule has 3 N–H and O–H groups in total. The summed E-state index contributed by atoms with van der Waals surface area (Å²) < 4.78 is 0. The molecule has 0 fully saturated rings. The maximum Gasteiger partial charge on any atom is 0.338 e. The van der Waals surface area contributed by atoms with E-state index in [2.05, 4.69) is 10.3 Å². The largest absolute Gasteiger partial charge is 0.478 e. The summed E-state index contributed by atoms with van der Waals surface area (Å²) in [6.07, 6.45) is 3.65. The monoisotopic (exact) mass is 182 g/mol. The molecule has 13 heavy (non-hydrogen) atoms. The van der Waals surface area contributed by atoms with Crippen molar-refractivity contribution in [3.63, 3.8) is 0 Å². The van der Waals surface area contributed by atoms with Gasteiger partial charge < -0.3 is 15.5 Å². The van der Waals surface area contributed by atoms with Gasteiger partial charge in [0.15, 0.2) is 0 Å². The van der Waals surface area contributed by atoms with E-state index in [0.29, 0.717) is 0 Å². The Balaban J connectivity index is 3.13. The van der Waals surface area contributed by atoms with Crippen molar-refractivity contribution < 1.29 is 20.3 Å². The summed E-state index contributed by atoms with van der Waals surface area (Å²) in [5.74, 6) is -1.25. The molecule has 68 valence electrons. The van der Waals surface area contributed by atoms with Gasteiger partial charge in [0, 0.05) is 0 Å². The van der Waals surface area contributed by atoms with E-state index in [0.717, 1.165) is 6.08 Å². The fraction of sp³-hybridized carbons (Fsp3) is 0. The fourth-order valence-corrected chi connectivity index (χ4v) is 0.845. The number of carboxylic acid groups (broad SMARTS) is 1. The summed E-state index contributed by atoms with van der Waals surface area (Å²) in [5.41, 5.74) is -0.220. The van der Waals surface area contributed by atoms with E-state index in [1.807, 2.05) is 0 Å². The van der Waals surface area contributed by atoms with E-state index in [4.69, 9.17) is 15.5 Å². The highest BCUT2D eigenvalue weighted by Crippen LogP contribution is 2.07. The number of allylic oxidation sites excluding steroid dienone is 3. The van der Waals surface area contributed by atoms with Gasteiger partial charge in [-0.25, -0.2) is 4.79 Å². The van der Waals surface area contributed by atoms with Crippen molar-refractivity contribution >= 4 is 17.4 Å². The topological polar surface area (TPSA) is 102 Å². The number of aliphatic carboxylic acids is 1. The lowest BCUT2D eigenvalue weighted by Crippen LogP contribution is -2.15.